The Morgan fingerprint density at radius 2 is 1.81 bits per heavy atom. The third kappa shape index (κ3) is 3.38. The van der Waals surface area contributed by atoms with Gasteiger partial charge in [0.05, 0.1) is 25.8 Å². The van der Waals surface area contributed by atoms with E-state index in [2.05, 4.69) is 5.32 Å². The summed E-state index contributed by atoms with van der Waals surface area (Å²) >= 11 is 0. The number of furan rings is 1. The average Bonchev–Trinajstić information content (AvgIpc) is 3.41. The lowest BCUT2D eigenvalue weighted by atomic mass is 9.76. The molecule has 0 unspecified atom stereocenters. The number of nitrogens with zero attached hydrogens (tertiary/aromatic N) is 1. The summed E-state index contributed by atoms with van der Waals surface area (Å²) in [7, 11) is 3.23. The second-order valence-corrected chi connectivity index (χ2v) is 8.50. The minimum atomic E-state index is -0.477. The number of amides is 2. The first-order valence-corrected chi connectivity index (χ1v) is 10.9. The molecule has 2 atom stereocenters. The fourth-order valence-electron chi connectivity index (χ4n) is 5.16. The van der Waals surface area contributed by atoms with Crippen LogP contribution in [0.2, 0.25) is 0 Å². The average molecular weight is 434 g/mol. The number of piperidine rings is 1. The number of methoxy groups -OCH3 is 2. The van der Waals surface area contributed by atoms with Crippen molar-refractivity contribution in [2.24, 2.45) is 0 Å². The molecule has 2 fully saturated rings. The van der Waals surface area contributed by atoms with Gasteiger partial charge in [-0.15, -0.1) is 0 Å². The van der Waals surface area contributed by atoms with Crippen LogP contribution in [0.25, 0.3) is 11.0 Å². The lowest BCUT2D eigenvalue weighted by Gasteiger charge is -2.48. The third-order valence-electron chi connectivity index (χ3n) is 6.67. The van der Waals surface area contributed by atoms with E-state index in [0.717, 1.165) is 29.5 Å². The Hall–Kier alpha value is -3.48. The van der Waals surface area contributed by atoms with Crippen molar-refractivity contribution in [1.29, 1.82) is 0 Å². The minimum Gasteiger partial charge on any atom is -0.497 e. The van der Waals surface area contributed by atoms with Gasteiger partial charge < -0.3 is 24.1 Å². The zero-order valence-corrected chi connectivity index (χ0v) is 18.2. The molecule has 2 amide bonds. The molecule has 2 saturated heterocycles. The van der Waals surface area contributed by atoms with Gasteiger partial charge in [0.2, 0.25) is 5.91 Å². The second-order valence-electron chi connectivity index (χ2n) is 8.50. The standard InChI is InChI=1S/C25H26N2O5/c1-30-18-6-4-16(5-7-18)23-25(12-10-22(28)26-25)11-3-13-27(23)24(29)21-15-17-14-19(31-2)8-9-20(17)32-21/h4-9,14-15,23H,3,10-13H2,1-2H3,(H,26,28)/t23-,25+/m1/s1. The molecule has 2 aliphatic heterocycles. The highest BCUT2D eigenvalue weighted by atomic mass is 16.5. The highest BCUT2D eigenvalue weighted by molar-refractivity contribution is 5.97. The van der Waals surface area contributed by atoms with E-state index in [9.17, 15) is 9.59 Å². The molecule has 3 heterocycles. The first-order chi connectivity index (χ1) is 15.5. The topological polar surface area (TPSA) is 81.0 Å². The van der Waals surface area contributed by atoms with E-state index in [-0.39, 0.29) is 23.6 Å². The minimum absolute atomic E-state index is 0.0358. The molecule has 1 aromatic heterocycles. The van der Waals surface area contributed by atoms with Crippen molar-refractivity contribution >= 4 is 22.8 Å². The largest absolute Gasteiger partial charge is 0.497 e. The van der Waals surface area contributed by atoms with Crippen LogP contribution < -0.4 is 14.8 Å². The summed E-state index contributed by atoms with van der Waals surface area (Å²) in [5.41, 5.74) is 1.13. The molecule has 2 aromatic carbocycles. The van der Waals surface area contributed by atoms with Crippen molar-refractivity contribution in [3.05, 3.63) is 59.9 Å². The molecule has 7 nitrogen and oxygen atoms in total. The van der Waals surface area contributed by atoms with Crippen LogP contribution >= 0.6 is 0 Å². The van der Waals surface area contributed by atoms with E-state index >= 15 is 0 Å². The Morgan fingerprint density at radius 3 is 2.50 bits per heavy atom. The SMILES string of the molecule is COc1ccc([C@H]2N(C(=O)c3cc4cc(OC)ccc4o3)CCC[C@]23CCC(=O)N3)cc1. The van der Waals surface area contributed by atoms with Crippen LogP contribution in [0.3, 0.4) is 0 Å². The van der Waals surface area contributed by atoms with Gasteiger partial charge in [-0.1, -0.05) is 12.1 Å². The van der Waals surface area contributed by atoms with Crippen LogP contribution in [0.15, 0.2) is 52.9 Å². The van der Waals surface area contributed by atoms with Crippen molar-refractivity contribution in [2.75, 3.05) is 20.8 Å². The number of likely N-dealkylation sites (tertiary alicyclic amines) is 1. The van der Waals surface area contributed by atoms with Gasteiger partial charge in [0.25, 0.3) is 5.91 Å². The Morgan fingerprint density at radius 1 is 1.06 bits per heavy atom. The monoisotopic (exact) mass is 434 g/mol. The molecule has 5 rings (SSSR count). The first-order valence-electron chi connectivity index (χ1n) is 10.9. The maximum absolute atomic E-state index is 13.7. The van der Waals surface area contributed by atoms with E-state index in [1.165, 1.54) is 0 Å². The molecule has 0 bridgehead atoms. The number of ether oxygens (including phenoxy) is 2. The summed E-state index contributed by atoms with van der Waals surface area (Å²) in [6, 6.07) is 14.7. The van der Waals surface area contributed by atoms with E-state index in [1.54, 1.807) is 26.4 Å². The van der Waals surface area contributed by atoms with Gasteiger partial charge in [0.15, 0.2) is 5.76 Å². The van der Waals surface area contributed by atoms with Crippen molar-refractivity contribution in [1.82, 2.24) is 10.2 Å². The molecule has 1 N–H and O–H groups in total. The van der Waals surface area contributed by atoms with Crippen LogP contribution in [-0.4, -0.2) is 43.0 Å². The summed E-state index contributed by atoms with van der Waals surface area (Å²) in [6.45, 7) is 0.591. The quantitative estimate of drug-likeness (QED) is 0.669. The number of hydrogen-bond acceptors (Lipinski definition) is 5. The van der Waals surface area contributed by atoms with Crippen LogP contribution in [0.1, 0.15) is 47.8 Å². The predicted molar refractivity (Wildman–Crippen MR) is 119 cm³/mol. The maximum Gasteiger partial charge on any atom is 0.290 e. The molecule has 166 valence electrons. The van der Waals surface area contributed by atoms with Crippen molar-refractivity contribution in [3.8, 4) is 11.5 Å². The molecular weight excluding hydrogens is 408 g/mol. The number of nitrogens with one attached hydrogen (secondary N) is 1. The Labute approximate surface area is 186 Å². The van der Waals surface area contributed by atoms with Crippen molar-refractivity contribution in [3.63, 3.8) is 0 Å². The molecule has 0 radical (unpaired) electrons. The fraction of sp³-hybridized carbons (Fsp3) is 0.360. The summed E-state index contributed by atoms with van der Waals surface area (Å²) in [5, 5.41) is 4.03. The number of hydrogen-bond donors (Lipinski definition) is 1. The summed E-state index contributed by atoms with van der Waals surface area (Å²) < 4.78 is 16.5. The van der Waals surface area contributed by atoms with E-state index in [0.29, 0.717) is 30.7 Å². The van der Waals surface area contributed by atoms with Crippen molar-refractivity contribution < 1.29 is 23.5 Å². The fourth-order valence-corrected chi connectivity index (χ4v) is 5.16. The van der Waals surface area contributed by atoms with Gasteiger partial charge in [-0.3, -0.25) is 9.59 Å². The molecule has 0 aliphatic carbocycles. The lowest BCUT2D eigenvalue weighted by Crippen LogP contribution is -2.58. The van der Waals surface area contributed by atoms with Crippen molar-refractivity contribution in [2.45, 2.75) is 37.3 Å². The van der Waals surface area contributed by atoms with E-state index in [4.69, 9.17) is 13.9 Å². The van der Waals surface area contributed by atoms with Crippen LogP contribution in [-0.2, 0) is 4.79 Å². The highest BCUT2D eigenvalue weighted by Crippen LogP contribution is 2.45. The van der Waals surface area contributed by atoms with E-state index < -0.39 is 5.54 Å². The molecule has 1 spiro atoms. The second kappa shape index (κ2) is 7.89. The molecular formula is C25H26N2O5. The van der Waals surface area contributed by atoms with Crippen LogP contribution in [0.5, 0.6) is 11.5 Å². The van der Waals surface area contributed by atoms with Gasteiger partial charge in [-0.05, 0) is 61.2 Å². The number of fused-ring (bicyclic) bond motifs is 1. The Balaban J connectivity index is 1.55. The van der Waals surface area contributed by atoms with Gasteiger partial charge in [-0.2, -0.15) is 0 Å². The Kier molecular flexibility index (Phi) is 5.04. The molecule has 32 heavy (non-hydrogen) atoms. The summed E-state index contributed by atoms with van der Waals surface area (Å²) in [5.74, 6) is 1.60. The van der Waals surface area contributed by atoms with Gasteiger partial charge in [0, 0.05) is 18.4 Å². The number of carbonyl (C=O) groups is 2. The summed E-state index contributed by atoms with van der Waals surface area (Å²) in [6.07, 6.45) is 2.81. The third-order valence-corrected chi connectivity index (χ3v) is 6.67. The van der Waals surface area contributed by atoms with Crippen LogP contribution in [0.4, 0.5) is 0 Å². The molecule has 0 saturated carbocycles. The molecule has 2 aliphatic rings. The normalized spacial score (nSPS) is 22.9. The Bertz CT molecular complexity index is 1170. The molecule has 3 aromatic rings. The van der Waals surface area contributed by atoms with Gasteiger partial charge in [-0.25, -0.2) is 0 Å². The zero-order chi connectivity index (χ0) is 22.3. The number of carbonyl (C=O) groups excluding carboxylic acids is 2. The summed E-state index contributed by atoms with van der Waals surface area (Å²) in [4.78, 5) is 27.8. The highest BCUT2D eigenvalue weighted by Gasteiger charge is 2.51. The van der Waals surface area contributed by atoms with Gasteiger partial charge >= 0.3 is 0 Å². The van der Waals surface area contributed by atoms with Gasteiger partial charge in [0.1, 0.15) is 17.1 Å². The van der Waals surface area contributed by atoms with Crippen LogP contribution in [0, 0.1) is 0 Å². The first kappa shape index (κ1) is 20.4. The molecule has 7 heteroatoms. The van der Waals surface area contributed by atoms with E-state index in [1.807, 2.05) is 41.3 Å². The smallest absolute Gasteiger partial charge is 0.290 e. The predicted octanol–water partition coefficient (Wildman–Crippen LogP) is 4.08. The zero-order valence-electron chi connectivity index (χ0n) is 18.2. The maximum atomic E-state index is 13.7. The number of benzene rings is 2. The number of rotatable bonds is 4. The lowest BCUT2D eigenvalue weighted by molar-refractivity contribution is -0.120.